The molecule has 1 amide bonds. The van der Waals surface area contributed by atoms with Crippen molar-refractivity contribution in [2.45, 2.75) is 57.4 Å². The molecule has 1 saturated heterocycles. The molecule has 1 unspecified atom stereocenters. The van der Waals surface area contributed by atoms with Crippen molar-refractivity contribution in [3.05, 3.63) is 0 Å². The highest BCUT2D eigenvalue weighted by molar-refractivity contribution is 5.85. The van der Waals surface area contributed by atoms with Gasteiger partial charge in [0.1, 0.15) is 0 Å². The third-order valence-corrected chi connectivity index (χ3v) is 4.41. The van der Waals surface area contributed by atoms with Crippen LogP contribution in [-0.4, -0.2) is 37.0 Å². The number of nitrogens with zero attached hydrogens (tertiary/aromatic N) is 1. The normalized spacial score (nSPS) is 25.3. The zero-order valence-electron chi connectivity index (χ0n) is 11.5. The molecule has 106 valence electrons. The van der Waals surface area contributed by atoms with Crippen LogP contribution in [0.1, 0.15) is 51.4 Å². The fraction of sp³-hybridized carbons (Fsp3) is 0.929. The zero-order chi connectivity index (χ0) is 12.1. The second-order valence-electron chi connectivity index (χ2n) is 5.71. The number of hydrogen-bond donors (Lipinski definition) is 1. The lowest BCUT2D eigenvalue weighted by molar-refractivity contribution is -0.132. The van der Waals surface area contributed by atoms with Crippen molar-refractivity contribution in [3.63, 3.8) is 0 Å². The fourth-order valence-electron chi connectivity index (χ4n) is 3.13. The molecule has 0 aromatic heterocycles. The molecule has 1 N–H and O–H groups in total. The van der Waals surface area contributed by atoms with E-state index in [1.54, 1.807) is 0 Å². The van der Waals surface area contributed by atoms with E-state index in [1.165, 1.54) is 38.5 Å². The molecule has 0 aromatic carbocycles. The van der Waals surface area contributed by atoms with Crippen molar-refractivity contribution < 1.29 is 4.79 Å². The summed E-state index contributed by atoms with van der Waals surface area (Å²) in [6.45, 7) is 2.04. The maximum Gasteiger partial charge on any atom is 0.222 e. The Kier molecular flexibility index (Phi) is 7.02. The Balaban J connectivity index is 0.00000162. The summed E-state index contributed by atoms with van der Waals surface area (Å²) in [5.74, 6) is 1.02. The quantitative estimate of drug-likeness (QED) is 0.803. The number of nitrogens with one attached hydrogen (secondary N) is 1. The first-order valence-corrected chi connectivity index (χ1v) is 7.24. The van der Waals surface area contributed by atoms with Crippen molar-refractivity contribution >= 4 is 18.3 Å². The van der Waals surface area contributed by atoms with Gasteiger partial charge in [-0.05, 0) is 31.7 Å². The van der Waals surface area contributed by atoms with E-state index in [4.69, 9.17) is 0 Å². The standard InChI is InChI=1S/C14H26N2O.ClH/c1-16(13-8-9-15-11-13)14(17)10-12-6-4-2-3-5-7-12;/h12-13,15H,2-11H2,1H3;1H. The Morgan fingerprint density at radius 3 is 2.39 bits per heavy atom. The summed E-state index contributed by atoms with van der Waals surface area (Å²) in [6.07, 6.45) is 9.82. The molecule has 1 heterocycles. The van der Waals surface area contributed by atoms with Crippen LogP contribution in [0.25, 0.3) is 0 Å². The van der Waals surface area contributed by atoms with Crippen LogP contribution >= 0.6 is 12.4 Å². The van der Waals surface area contributed by atoms with Gasteiger partial charge in [0.15, 0.2) is 0 Å². The number of rotatable bonds is 3. The molecule has 0 bridgehead atoms. The largest absolute Gasteiger partial charge is 0.341 e. The summed E-state index contributed by atoms with van der Waals surface area (Å²) in [6, 6.07) is 0.438. The first-order chi connectivity index (χ1) is 8.27. The summed E-state index contributed by atoms with van der Waals surface area (Å²) in [5.41, 5.74) is 0. The van der Waals surface area contributed by atoms with E-state index >= 15 is 0 Å². The van der Waals surface area contributed by atoms with Crippen molar-refractivity contribution in [2.75, 3.05) is 20.1 Å². The van der Waals surface area contributed by atoms with Gasteiger partial charge in [0.05, 0.1) is 0 Å². The van der Waals surface area contributed by atoms with Crippen LogP contribution in [0.5, 0.6) is 0 Å². The Bertz CT molecular complexity index is 246. The number of hydrogen-bond acceptors (Lipinski definition) is 2. The Hall–Kier alpha value is -0.280. The topological polar surface area (TPSA) is 32.3 Å². The minimum atomic E-state index is 0. The Labute approximate surface area is 117 Å². The number of carbonyl (C=O) groups excluding carboxylic acids is 1. The monoisotopic (exact) mass is 274 g/mol. The highest BCUT2D eigenvalue weighted by Crippen LogP contribution is 2.26. The summed E-state index contributed by atoms with van der Waals surface area (Å²) in [4.78, 5) is 14.2. The molecule has 1 aliphatic carbocycles. The highest BCUT2D eigenvalue weighted by Gasteiger charge is 2.25. The van der Waals surface area contributed by atoms with Gasteiger partial charge in [0.2, 0.25) is 5.91 Å². The van der Waals surface area contributed by atoms with Crippen molar-refractivity contribution in [1.82, 2.24) is 10.2 Å². The number of amides is 1. The lowest BCUT2D eigenvalue weighted by atomic mass is 9.96. The second kappa shape index (κ2) is 8.00. The average Bonchev–Trinajstić information content (AvgIpc) is 2.74. The van der Waals surface area contributed by atoms with Crippen molar-refractivity contribution in [2.24, 2.45) is 5.92 Å². The van der Waals surface area contributed by atoms with Gasteiger partial charge in [-0.1, -0.05) is 25.7 Å². The maximum atomic E-state index is 12.2. The predicted octanol–water partition coefficient (Wildman–Crippen LogP) is 2.59. The van der Waals surface area contributed by atoms with Crippen LogP contribution in [-0.2, 0) is 4.79 Å². The molecule has 1 saturated carbocycles. The van der Waals surface area contributed by atoms with Crippen LogP contribution in [0.3, 0.4) is 0 Å². The fourth-order valence-corrected chi connectivity index (χ4v) is 3.13. The molecule has 0 radical (unpaired) electrons. The van der Waals surface area contributed by atoms with E-state index in [1.807, 2.05) is 11.9 Å². The molecule has 0 aromatic rings. The second-order valence-corrected chi connectivity index (χ2v) is 5.71. The molecule has 2 rings (SSSR count). The third-order valence-electron chi connectivity index (χ3n) is 4.41. The zero-order valence-corrected chi connectivity index (χ0v) is 12.3. The smallest absolute Gasteiger partial charge is 0.222 e. The molecule has 1 atom stereocenters. The minimum absolute atomic E-state index is 0. The van der Waals surface area contributed by atoms with Crippen LogP contribution < -0.4 is 5.32 Å². The average molecular weight is 275 g/mol. The number of carbonyl (C=O) groups is 1. The Morgan fingerprint density at radius 2 is 1.83 bits per heavy atom. The van der Waals surface area contributed by atoms with Gasteiger partial charge in [0, 0.05) is 26.1 Å². The van der Waals surface area contributed by atoms with Gasteiger partial charge in [-0.2, -0.15) is 0 Å². The summed E-state index contributed by atoms with van der Waals surface area (Å²) < 4.78 is 0. The molecule has 3 nitrogen and oxygen atoms in total. The predicted molar refractivity (Wildman–Crippen MR) is 77.1 cm³/mol. The first kappa shape index (κ1) is 15.8. The third kappa shape index (κ3) is 4.43. The van der Waals surface area contributed by atoms with Crippen LogP contribution in [0.2, 0.25) is 0 Å². The van der Waals surface area contributed by atoms with E-state index in [9.17, 15) is 4.79 Å². The van der Waals surface area contributed by atoms with E-state index in [0.717, 1.165) is 25.9 Å². The highest BCUT2D eigenvalue weighted by atomic mass is 35.5. The van der Waals surface area contributed by atoms with Crippen LogP contribution in [0, 0.1) is 5.92 Å². The van der Waals surface area contributed by atoms with Crippen LogP contribution in [0.4, 0.5) is 0 Å². The number of likely N-dealkylation sites (N-methyl/N-ethyl adjacent to an activating group) is 1. The van der Waals surface area contributed by atoms with Gasteiger partial charge in [0.25, 0.3) is 0 Å². The van der Waals surface area contributed by atoms with Gasteiger partial charge < -0.3 is 10.2 Å². The maximum absolute atomic E-state index is 12.2. The molecule has 2 fully saturated rings. The van der Waals surface area contributed by atoms with E-state index < -0.39 is 0 Å². The van der Waals surface area contributed by atoms with E-state index in [0.29, 0.717) is 17.9 Å². The lowest BCUT2D eigenvalue weighted by Gasteiger charge is -2.25. The molecule has 18 heavy (non-hydrogen) atoms. The van der Waals surface area contributed by atoms with Crippen LogP contribution in [0.15, 0.2) is 0 Å². The molecule has 2 aliphatic rings. The Morgan fingerprint density at radius 1 is 1.17 bits per heavy atom. The van der Waals surface area contributed by atoms with Gasteiger partial charge >= 0.3 is 0 Å². The molecule has 1 aliphatic heterocycles. The summed E-state index contributed by atoms with van der Waals surface area (Å²) in [7, 11) is 1.98. The van der Waals surface area contributed by atoms with E-state index in [2.05, 4.69) is 5.32 Å². The number of halogens is 1. The minimum Gasteiger partial charge on any atom is -0.341 e. The first-order valence-electron chi connectivity index (χ1n) is 7.24. The van der Waals surface area contributed by atoms with Gasteiger partial charge in [-0.15, -0.1) is 12.4 Å². The molecule has 0 spiro atoms. The molecule has 4 heteroatoms. The van der Waals surface area contributed by atoms with Gasteiger partial charge in [-0.3, -0.25) is 4.79 Å². The summed E-state index contributed by atoms with van der Waals surface area (Å²) >= 11 is 0. The molecular weight excluding hydrogens is 248 g/mol. The van der Waals surface area contributed by atoms with Crippen molar-refractivity contribution in [1.29, 1.82) is 0 Å². The van der Waals surface area contributed by atoms with Crippen molar-refractivity contribution in [3.8, 4) is 0 Å². The SMILES string of the molecule is CN(C(=O)CC1CCCCCC1)C1CCNC1.Cl. The molecular formula is C14H27ClN2O. The van der Waals surface area contributed by atoms with E-state index in [-0.39, 0.29) is 12.4 Å². The lowest BCUT2D eigenvalue weighted by Crippen LogP contribution is -2.39. The summed E-state index contributed by atoms with van der Waals surface area (Å²) in [5, 5.41) is 3.33. The van der Waals surface area contributed by atoms with Gasteiger partial charge in [-0.25, -0.2) is 0 Å².